The summed E-state index contributed by atoms with van der Waals surface area (Å²) in [6.45, 7) is 1.83. The molecule has 0 bridgehead atoms. The number of halogens is 1. The smallest absolute Gasteiger partial charge is 0.263 e. The molecule has 1 atom stereocenters. The maximum atomic E-state index is 11.9. The molecule has 2 aliphatic rings. The molecule has 0 aromatic heterocycles. The molecule has 0 aliphatic carbocycles. The van der Waals surface area contributed by atoms with Gasteiger partial charge in [-0.05, 0) is 31.5 Å². The van der Waals surface area contributed by atoms with E-state index in [-0.39, 0.29) is 18.4 Å². The lowest BCUT2D eigenvalue weighted by Gasteiger charge is -2.19. The summed E-state index contributed by atoms with van der Waals surface area (Å²) in [7, 11) is -3.41. The molecule has 0 spiro atoms. The Hall–Kier alpha value is -1.11. The van der Waals surface area contributed by atoms with E-state index in [0.717, 1.165) is 25.9 Å². The van der Waals surface area contributed by atoms with Crippen molar-refractivity contribution in [1.29, 1.82) is 0 Å². The zero-order chi connectivity index (χ0) is 12.6. The zero-order valence-corrected chi connectivity index (χ0v) is 11.9. The van der Waals surface area contributed by atoms with E-state index in [4.69, 9.17) is 0 Å². The van der Waals surface area contributed by atoms with Crippen molar-refractivity contribution in [1.82, 2.24) is 10.0 Å². The largest absolute Gasteiger partial charge is 0.315 e. The third-order valence-electron chi connectivity index (χ3n) is 3.25. The zero-order valence-electron chi connectivity index (χ0n) is 10.3. The Morgan fingerprint density at radius 1 is 1.26 bits per heavy atom. The molecule has 1 aromatic carbocycles. The molecular formula is C12H16ClN3O2S. The van der Waals surface area contributed by atoms with Gasteiger partial charge in [-0.2, -0.15) is 0 Å². The van der Waals surface area contributed by atoms with E-state index in [9.17, 15) is 8.42 Å². The van der Waals surface area contributed by atoms with Gasteiger partial charge in [0, 0.05) is 12.1 Å². The Kier molecular flexibility index (Phi) is 4.13. The molecule has 0 amide bonds. The Labute approximate surface area is 119 Å². The third kappa shape index (κ3) is 2.75. The normalized spacial score (nSPS) is 26.3. The number of rotatable bonds is 1. The van der Waals surface area contributed by atoms with Crippen LogP contribution in [0.3, 0.4) is 0 Å². The van der Waals surface area contributed by atoms with E-state index < -0.39 is 10.0 Å². The number of fused-ring (bicyclic) bond motifs is 1. The Balaban J connectivity index is 0.00000133. The first kappa shape index (κ1) is 14.3. The highest BCUT2D eigenvalue weighted by molar-refractivity contribution is 7.90. The number of amidine groups is 1. The van der Waals surface area contributed by atoms with Gasteiger partial charge in [0.05, 0.1) is 10.9 Å². The van der Waals surface area contributed by atoms with Crippen molar-refractivity contribution in [3.8, 4) is 0 Å². The van der Waals surface area contributed by atoms with Crippen LogP contribution in [0.15, 0.2) is 34.2 Å². The van der Waals surface area contributed by atoms with Crippen LogP contribution in [0.2, 0.25) is 0 Å². The molecule has 5 nitrogen and oxygen atoms in total. The molecule has 19 heavy (non-hydrogen) atoms. The molecule has 104 valence electrons. The van der Waals surface area contributed by atoms with Gasteiger partial charge in [-0.1, -0.05) is 12.1 Å². The average Bonchev–Trinajstić information content (AvgIpc) is 2.63. The number of sulfonamides is 1. The maximum absolute atomic E-state index is 11.9. The fraction of sp³-hybridized carbons (Fsp3) is 0.417. The lowest BCUT2D eigenvalue weighted by Crippen LogP contribution is -2.34. The summed E-state index contributed by atoms with van der Waals surface area (Å²) < 4.78 is 26.3. The number of benzene rings is 1. The van der Waals surface area contributed by atoms with Crippen LogP contribution in [-0.4, -0.2) is 33.4 Å². The first-order valence-corrected chi connectivity index (χ1v) is 7.56. The van der Waals surface area contributed by atoms with Gasteiger partial charge in [0.1, 0.15) is 5.84 Å². The first-order chi connectivity index (χ1) is 8.67. The standard InChI is InChI=1S/C12H15N3O2S.ClH/c16-18(17)11-6-2-1-5-10(11)12(15-18)14-9-4-3-7-13-8-9;/h1-2,5-6,9,13H,3-4,7-8H2,(H,14,15);1H/t9-;/m0./s1. The van der Waals surface area contributed by atoms with E-state index in [0.29, 0.717) is 16.3 Å². The van der Waals surface area contributed by atoms with Gasteiger partial charge in [-0.15, -0.1) is 12.4 Å². The fourth-order valence-corrected chi connectivity index (χ4v) is 3.60. The minimum atomic E-state index is -3.41. The van der Waals surface area contributed by atoms with Crippen LogP contribution in [0.4, 0.5) is 0 Å². The van der Waals surface area contributed by atoms with Crippen LogP contribution in [0.25, 0.3) is 0 Å². The number of piperidine rings is 1. The molecule has 7 heteroatoms. The molecular weight excluding hydrogens is 286 g/mol. The summed E-state index contributed by atoms with van der Waals surface area (Å²) in [5, 5.41) is 3.27. The van der Waals surface area contributed by atoms with Crippen molar-refractivity contribution < 1.29 is 8.42 Å². The monoisotopic (exact) mass is 301 g/mol. The molecule has 0 radical (unpaired) electrons. The molecule has 1 aromatic rings. The van der Waals surface area contributed by atoms with Crippen molar-refractivity contribution in [2.75, 3.05) is 13.1 Å². The van der Waals surface area contributed by atoms with Gasteiger partial charge >= 0.3 is 0 Å². The highest BCUT2D eigenvalue weighted by atomic mass is 35.5. The van der Waals surface area contributed by atoms with Gasteiger partial charge in [-0.3, -0.25) is 9.71 Å². The molecule has 0 saturated carbocycles. The molecule has 2 N–H and O–H groups in total. The number of hydrogen-bond donors (Lipinski definition) is 2. The highest BCUT2D eigenvalue weighted by Crippen LogP contribution is 2.23. The Morgan fingerprint density at radius 2 is 2.05 bits per heavy atom. The molecule has 2 heterocycles. The number of hydrogen-bond acceptors (Lipinski definition) is 4. The van der Waals surface area contributed by atoms with Crippen LogP contribution in [0.1, 0.15) is 18.4 Å². The molecule has 1 fully saturated rings. The molecule has 0 unspecified atom stereocenters. The molecule has 3 rings (SSSR count). The third-order valence-corrected chi connectivity index (χ3v) is 4.64. The number of nitrogens with one attached hydrogen (secondary N) is 2. The maximum Gasteiger partial charge on any atom is 0.263 e. The van der Waals surface area contributed by atoms with Gasteiger partial charge in [0.25, 0.3) is 10.0 Å². The van der Waals surface area contributed by atoms with Crippen LogP contribution < -0.4 is 10.0 Å². The lowest BCUT2D eigenvalue weighted by atomic mass is 10.1. The van der Waals surface area contributed by atoms with Gasteiger partial charge < -0.3 is 5.32 Å². The number of nitrogens with zero attached hydrogens (tertiary/aromatic N) is 1. The molecule has 2 aliphatic heterocycles. The first-order valence-electron chi connectivity index (χ1n) is 6.07. The second-order valence-electron chi connectivity index (χ2n) is 4.58. The van der Waals surface area contributed by atoms with E-state index in [1.165, 1.54) is 0 Å². The lowest BCUT2D eigenvalue weighted by molar-refractivity contribution is 0.460. The van der Waals surface area contributed by atoms with E-state index in [2.05, 4.69) is 15.0 Å². The quantitative estimate of drug-likeness (QED) is 0.809. The van der Waals surface area contributed by atoms with E-state index in [1.807, 2.05) is 6.07 Å². The summed E-state index contributed by atoms with van der Waals surface area (Å²) in [5.41, 5.74) is 0.683. The predicted molar refractivity (Wildman–Crippen MR) is 76.4 cm³/mol. The summed E-state index contributed by atoms with van der Waals surface area (Å²) in [6.07, 6.45) is 2.08. The van der Waals surface area contributed by atoms with Crippen LogP contribution in [0.5, 0.6) is 0 Å². The van der Waals surface area contributed by atoms with Crippen molar-refractivity contribution in [3.05, 3.63) is 29.8 Å². The molecule has 1 saturated heterocycles. The SMILES string of the molecule is Cl.O=S1(=O)NC(=N[C@H]2CCCNC2)c2ccccc21. The van der Waals surface area contributed by atoms with Crippen LogP contribution in [-0.2, 0) is 10.0 Å². The van der Waals surface area contributed by atoms with Gasteiger partial charge in [0.2, 0.25) is 0 Å². The summed E-state index contributed by atoms with van der Waals surface area (Å²) in [4.78, 5) is 4.86. The highest BCUT2D eigenvalue weighted by Gasteiger charge is 2.30. The van der Waals surface area contributed by atoms with Crippen molar-refractivity contribution in [2.24, 2.45) is 4.99 Å². The van der Waals surface area contributed by atoms with Gasteiger partial charge in [0.15, 0.2) is 0 Å². The second kappa shape index (κ2) is 5.48. The average molecular weight is 302 g/mol. The number of aliphatic imine (C=N–C) groups is 1. The summed E-state index contributed by atoms with van der Waals surface area (Å²) >= 11 is 0. The fourth-order valence-electron chi connectivity index (χ4n) is 2.36. The van der Waals surface area contributed by atoms with Crippen LogP contribution >= 0.6 is 12.4 Å². The minimum absolute atomic E-state index is 0. The van der Waals surface area contributed by atoms with Crippen molar-refractivity contribution >= 4 is 28.3 Å². The van der Waals surface area contributed by atoms with E-state index in [1.54, 1.807) is 18.2 Å². The Morgan fingerprint density at radius 3 is 2.79 bits per heavy atom. The van der Waals surface area contributed by atoms with E-state index >= 15 is 0 Å². The van der Waals surface area contributed by atoms with Crippen molar-refractivity contribution in [3.63, 3.8) is 0 Å². The minimum Gasteiger partial charge on any atom is -0.315 e. The summed E-state index contributed by atoms with van der Waals surface area (Å²) in [5.74, 6) is 0.485. The van der Waals surface area contributed by atoms with Crippen molar-refractivity contribution in [2.45, 2.75) is 23.8 Å². The van der Waals surface area contributed by atoms with Crippen LogP contribution in [0, 0.1) is 0 Å². The predicted octanol–water partition coefficient (Wildman–Crippen LogP) is 0.899. The second-order valence-corrected chi connectivity index (χ2v) is 6.23. The Bertz CT molecular complexity index is 595. The van der Waals surface area contributed by atoms with Gasteiger partial charge in [-0.25, -0.2) is 8.42 Å². The topological polar surface area (TPSA) is 70.6 Å². The summed E-state index contributed by atoms with van der Waals surface area (Å²) in [6, 6.07) is 7.11.